The maximum Gasteiger partial charge on any atom is 0.267 e. The maximum atomic E-state index is 14.7. The summed E-state index contributed by atoms with van der Waals surface area (Å²) >= 11 is 5.93. The van der Waals surface area contributed by atoms with Crippen molar-refractivity contribution < 1.29 is 13.9 Å². The summed E-state index contributed by atoms with van der Waals surface area (Å²) in [6.45, 7) is 0.992. The van der Waals surface area contributed by atoms with E-state index in [-0.39, 0.29) is 23.1 Å². The lowest BCUT2D eigenvalue weighted by Gasteiger charge is -2.32. The number of amides is 1. The number of rotatable bonds is 5. The molecule has 35 heavy (non-hydrogen) atoms. The van der Waals surface area contributed by atoms with Gasteiger partial charge in [-0.1, -0.05) is 17.7 Å². The highest BCUT2D eigenvalue weighted by molar-refractivity contribution is 6.30. The number of nitrogens with zero attached hydrogens (tertiary/aromatic N) is 2. The van der Waals surface area contributed by atoms with E-state index in [1.54, 1.807) is 29.2 Å². The third-order valence-corrected chi connectivity index (χ3v) is 7.11. The summed E-state index contributed by atoms with van der Waals surface area (Å²) in [6, 6.07) is 11.9. The fraction of sp³-hybridized carbons (Fsp3) is 0.370. The molecular formula is C27H27ClFN3O3. The molecule has 182 valence electrons. The molecule has 2 heterocycles. The molecule has 8 heteroatoms. The van der Waals surface area contributed by atoms with Gasteiger partial charge in [-0.05, 0) is 73.2 Å². The molecule has 1 saturated heterocycles. The predicted molar refractivity (Wildman–Crippen MR) is 132 cm³/mol. The molecule has 0 radical (unpaired) electrons. The molecule has 0 bridgehead atoms. The highest BCUT2D eigenvalue weighted by Gasteiger charge is 2.27. The van der Waals surface area contributed by atoms with Crippen LogP contribution in [0.2, 0.25) is 5.02 Å². The summed E-state index contributed by atoms with van der Waals surface area (Å²) in [7, 11) is 0. The van der Waals surface area contributed by atoms with Crippen LogP contribution < -0.4 is 10.3 Å². The number of ether oxygens (including phenoxy) is 1. The van der Waals surface area contributed by atoms with E-state index in [2.05, 4.69) is 10.2 Å². The summed E-state index contributed by atoms with van der Waals surface area (Å²) in [5.41, 5.74) is 3.34. The van der Waals surface area contributed by atoms with Crippen LogP contribution >= 0.6 is 11.6 Å². The van der Waals surface area contributed by atoms with Crippen molar-refractivity contribution in [2.45, 2.75) is 51.0 Å². The Bertz CT molecular complexity index is 1280. The van der Waals surface area contributed by atoms with E-state index in [9.17, 15) is 14.0 Å². The summed E-state index contributed by atoms with van der Waals surface area (Å²) in [5.74, 6) is -0.100. The summed E-state index contributed by atoms with van der Waals surface area (Å²) in [4.78, 5) is 27.0. The molecule has 1 aliphatic heterocycles. The molecule has 1 fully saturated rings. The fourth-order valence-corrected chi connectivity index (χ4v) is 5.09. The maximum absolute atomic E-state index is 14.7. The molecule has 1 aliphatic carbocycles. The first-order valence-corrected chi connectivity index (χ1v) is 12.4. The molecule has 1 aromatic heterocycles. The Morgan fingerprint density at radius 1 is 1.09 bits per heavy atom. The summed E-state index contributed by atoms with van der Waals surface area (Å²) < 4.78 is 20.7. The second-order valence-electron chi connectivity index (χ2n) is 9.22. The van der Waals surface area contributed by atoms with Gasteiger partial charge in [-0.15, -0.1) is 0 Å². The zero-order valence-electron chi connectivity index (χ0n) is 19.4. The average Bonchev–Trinajstić information content (AvgIpc) is 2.88. The number of carbonyl (C=O) groups is 1. The van der Waals surface area contributed by atoms with Gasteiger partial charge in [0.25, 0.3) is 11.5 Å². The monoisotopic (exact) mass is 495 g/mol. The van der Waals surface area contributed by atoms with Crippen molar-refractivity contribution in [2.24, 2.45) is 0 Å². The molecule has 0 spiro atoms. The third-order valence-electron chi connectivity index (χ3n) is 6.86. The number of fused-ring (bicyclic) bond motifs is 1. The number of hydrogen-bond acceptors (Lipinski definition) is 4. The molecule has 0 unspecified atom stereocenters. The first-order valence-electron chi connectivity index (χ1n) is 12.1. The number of aromatic nitrogens is 2. The molecule has 2 aromatic carbocycles. The van der Waals surface area contributed by atoms with Gasteiger partial charge in [0.15, 0.2) is 0 Å². The Morgan fingerprint density at radius 3 is 2.54 bits per heavy atom. The van der Waals surface area contributed by atoms with Crippen molar-refractivity contribution >= 4 is 17.5 Å². The summed E-state index contributed by atoms with van der Waals surface area (Å²) in [5, 5.41) is 7.52. The molecule has 6 nitrogen and oxygen atoms in total. The van der Waals surface area contributed by atoms with E-state index >= 15 is 0 Å². The minimum Gasteiger partial charge on any atom is -0.490 e. The van der Waals surface area contributed by atoms with Gasteiger partial charge in [-0.2, -0.15) is 5.10 Å². The predicted octanol–water partition coefficient (Wildman–Crippen LogP) is 4.72. The van der Waals surface area contributed by atoms with Gasteiger partial charge in [0, 0.05) is 42.9 Å². The molecule has 0 atom stereocenters. The van der Waals surface area contributed by atoms with E-state index in [1.165, 1.54) is 6.07 Å². The van der Waals surface area contributed by atoms with Crippen LogP contribution in [-0.4, -0.2) is 40.2 Å². The highest BCUT2D eigenvalue weighted by Crippen LogP contribution is 2.25. The number of benzene rings is 2. The van der Waals surface area contributed by atoms with Crippen molar-refractivity contribution in [1.29, 1.82) is 0 Å². The zero-order chi connectivity index (χ0) is 24.4. The quantitative estimate of drug-likeness (QED) is 0.556. The SMILES string of the molecule is O=C(c1cc(Cc2n[nH]c(=O)c3c2CCCC3)ccc1F)N1CCC(Oc2ccc(Cl)cc2)CC1. The second kappa shape index (κ2) is 10.2. The van der Waals surface area contributed by atoms with Crippen molar-refractivity contribution in [3.05, 3.63) is 91.6 Å². The lowest BCUT2D eigenvalue weighted by Crippen LogP contribution is -2.42. The number of H-pyrrole nitrogens is 1. The van der Waals surface area contributed by atoms with E-state index in [4.69, 9.17) is 16.3 Å². The molecule has 3 aromatic rings. The van der Waals surface area contributed by atoms with Gasteiger partial charge >= 0.3 is 0 Å². The van der Waals surface area contributed by atoms with Crippen LogP contribution in [-0.2, 0) is 19.3 Å². The van der Waals surface area contributed by atoms with Crippen LogP contribution in [0.4, 0.5) is 4.39 Å². The van der Waals surface area contributed by atoms with Crippen molar-refractivity contribution in [2.75, 3.05) is 13.1 Å². The van der Waals surface area contributed by atoms with Crippen molar-refractivity contribution in [3.8, 4) is 5.75 Å². The number of likely N-dealkylation sites (tertiary alicyclic amines) is 1. The Hall–Kier alpha value is -3.19. The normalized spacial score (nSPS) is 16.1. The molecule has 2 aliphatic rings. The lowest BCUT2D eigenvalue weighted by molar-refractivity contribution is 0.0591. The van der Waals surface area contributed by atoms with Crippen LogP contribution in [0.3, 0.4) is 0 Å². The van der Waals surface area contributed by atoms with Crippen LogP contribution in [0.15, 0.2) is 47.3 Å². The van der Waals surface area contributed by atoms with Gasteiger partial charge < -0.3 is 9.64 Å². The average molecular weight is 496 g/mol. The topological polar surface area (TPSA) is 75.3 Å². The number of hydrogen-bond donors (Lipinski definition) is 1. The van der Waals surface area contributed by atoms with Gasteiger partial charge in [-0.25, -0.2) is 9.49 Å². The number of nitrogens with one attached hydrogen (secondary N) is 1. The molecule has 0 saturated carbocycles. The number of aromatic amines is 1. The molecule has 5 rings (SSSR count). The van der Waals surface area contributed by atoms with E-state index in [0.29, 0.717) is 37.4 Å². The number of carbonyl (C=O) groups excluding carboxylic acids is 1. The lowest BCUT2D eigenvalue weighted by atomic mass is 9.90. The minimum absolute atomic E-state index is 0.00565. The van der Waals surface area contributed by atoms with Gasteiger partial charge in [0.05, 0.1) is 11.3 Å². The largest absolute Gasteiger partial charge is 0.490 e. The summed E-state index contributed by atoms with van der Waals surface area (Å²) in [6.07, 6.45) is 5.37. The van der Waals surface area contributed by atoms with Crippen LogP contribution in [0.25, 0.3) is 0 Å². The first kappa shape index (κ1) is 23.5. The van der Waals surface area contributed by atoms with Crippen LogP contribution in [0, 0.1) is 5.82 Å². The Balaban J connectivity index is 1.27. The van der Waals surface area contributed by atoms with E-state index in [0.717, 1.165) is 53.8 Å². The second-order valence-corrected chi connectivity index (χ2v) is 9.65. The van der Waals surface area contributed by atoms with Crippen LogP contribution in [0.5, 0.6) is 5.75 Å². The first-order chi connectivity index (χ1) is 17.0. The van der Waals surface area contributed by atoms with Gasteiger partial charge in [-0.3, -0.25) is 9.59 Å². The number of piperidine rings is 1. The molecular weight excluding hydrogens is 469 g/mol. The third kappa shape index (κ3) is 5.25. The van der Waals surface area contributed by atoms with Crippen molar-refractivity contribution in [3.63, 3.8) is 0 Å². The minimum atomic E-state index is -0.533. The van der Waals surface area contributed by atoms with Crippen LogP contribution in [0.1, 0.15) is 58.4 Å². The zero-order valence-corrected chi connectivity index (χ0v) is 20.1. The Labute approximate surface area is 208 Å². The van der Waals surface area contributed by atoms with E-state index in [1.807, 2.05) is 12.1 Å². The van der Waals surface area contributed by atoms with Gasteiger partial charge in [0.1, 0.15) is 17.7 Å². The van der Waals surface area contributed by atoms with Gasteiger partial charge in [0.2, 0.25) is 0 Å². The fourth-order valence-electron chi connectivity index (χ4n) is 4.97. The molecule has 1 amide bonds. The standard InChI is InChI=1S/C27H27ClFN3O3/c28-18-6-8-19(9-7-18)35-20-11-13-32(14-12-20)27(34)23-15-17(5-10-24(23)29)16-25-21-3-1-2-4-22(21)26(33)31-30-25/h5-10,15,20H,1-4,11-14,16H2,(H,31,33). The molecule has 1 N–H and O–H groups in total. The smallest absolute Gasteiger partial charge is 0.267 e. The van der Waals surface area contributed by atoms with E-state index < -0.39 is 5.82 Å². The van der Waals surface area contributed by atoms with Crippen molar-refractivity contribution in [1.82, 2.24) is 15.1 Å². The number of halogens is 2. The Morgan fingerprint density at radius 2 is 1.80 bits per heavy atom. The highest BCUT2D eigenvalue weighted by atomic mass is 35.5. The Kier molecular flexibility index (Phi) is 6.86.